The average Bonchev–Trinajstić information content (AvgIpc) is 3.10. The van der Waals surface area contributed by atoms with Crippen molar-refractivity contribution in [1.29, 1.82) is 0 Å². The number of fused-ring (bicyclic) bond motifs is 1. The van der Waals surface area contributed by atoms with Gasteiger partial charge in [0.25, 0.3) is 5.91 Å². The van der Waals surface area contributed by atoms with Gasteiger partial charge in [0.05, 0.1) is 12.1 Å². The van der Waals surface area contributed by atoms with Gasteiger partial charge in [0, 0.05) is 16.7 Å². The van der Waals surface area contributed by atoms with Gasteiger partial charge in [0.2, 0.25) is 5.91 Å². The lowest BCUT2D eigenvalue weighted by Gasteiger charge is -2.25. The second kappa shape index (κ2) is 5.49. The van der Waals surface area contributed by atoms with E-state index in [2.05, 4.69) is 26.9 Å². The molecule has 0 aromatic heterocycles. The molecule has 0 spiro atoms. The van der Waals surface area contributed by atoms with Crippen LogP contribution in [0.15, 0.2) is 53.0 Å². The summed E-state index contributed by atoms with van der Waals surface area (Å²) in [5.41, 5.74) is 2.96. The minimum atomic E-state index is -0.394. The Morgan fingerprint density at radius 1 is 1.00 bits per heavy atom. The summed E-state index contributed by atoms with van der Waals surface area (Å²) in [6, 6.07) is 15.0. The summed E-state index contributed by atoms with van der Waals surface area (Å²) in [5.74, 6) is -0.263. The SMILES string of the molecule is O=C1C[C@H](N2CCc3ccccc32)C(=O)N1c1ccc(Br)cc1. The van der Waals surface area contributed by atoms with E-state index in [1.165, 1.54) is 10.5 Å². The van der Waals surface area contributed by atoms with Gasteiger partial charge >= 0.3 is 0 Å². The normalized spacial score (nSPS) is 20.3. The van der Waals surface area contributed by atoms with Crippen LogP contribution in [-0.2, 0) is 16.0 Å². The summed E-state index contributed by atoms with van der Waals surface area (Å²) in [6.45, 7) is 0.789. The first-order valence-electron chi connectivity index (χ1n) is 7.62. The third-order valence-corrected chi connectivity index (χ3v) is 5.04. The van der Waals surface area contributed by atoms with Gasteiger partial charge in [-0.15, -0.1) is 0 Å². The van der Waals surface area contributed by atoms with Gasteiger partial charge in [-0.2, -0.15) is 0 Å². The van der Waals surface area contributed by atoms with Crippen LogP contribution >= 0.6 is 15.9 Å². The van der Waals surface area contributed by atoms with Crippen molar-refractivity contribution in [2.75, 3.05) is 16.3 Å². The molecule has 2 heterocycles. The molecule has 0 radical (unpaired) electrons. The molecule has 2 aromatic carbocycles. The van der Waals surface area contributed by atoms with E-state index in [9.17, 15) is 9.59 Å². The summed E-state index contributed by atoms with van der Waals surface area (Å²) in [7, 11) is 0. The van der Waals surface area contributed by atoms with E-state index in [1.807, 2.05) is 30.3 Å². The van der Waals surface area contributed by atoms with Gasteiger partial charge in [0.15, 0.2) is 0 Å². The number of hydrogen-bond acceptors (Lipinski definition) is 3. The number of anilines is 2. The van der Waals surface area contributed by atoms with Crippen LogP contribution < -0.4 is 9.80 Å². The Morgan fingerprint density at radius 2 is 1.74 bits per heavy atom. The molecule has 1 saturated heterocycles. The fraction of sp³-hybridized carbons (Fsp3) is 0.222. The lowest BCUT2D eigenvalue weighted by molar-refractivity contribution is -0.121. The first-order valence-corrected chi connectivity index (χ1v) is 8.41. The zero-order valence-corrected chi connectivity index (χ0v) is 14.0. The van der Waals surface area contributed by atoms with Gasteiger partial charge in [-0.25, -0.2) is 4.90 Å². The van der Waals surface area contributed by atoms with Gasteiger partial charge in [0.1, 0.15) is 6.04 Å². The fourth-order valence-corrected chi connectivity index (χ4v) is 3.67. The molecule has 0 aliphatic carbocycles. The zero-order chi connectivity index (χ0) is 16.0. The Kier molecular flexibility index (Phi) is 3.45. The predicted octanol–water partition coefficient (Wildman–Crippen LogP) is 3.14. The van der Waals surface area contributed by atoms with E-state index in [0.29, 0.717) is 5.69 Å². The fourth-order valence-electron chi connectivity index (χ4n) is 3.41. The summed E-state index contributed by atoms with van der Waals surface area (Å²) in [4.78, 5) is 28.7. The zero-order valence-electron chi connectivity index (χ0n) is 12.4. The van der Waals surface area contributed by atoms with Crippen molar-refractivity contribution in [1.82, 2.24) is 0 Å². The molecule has 0 unspecified atom stereocenters. The van der Waals surface area contributed by atoms with Crippen LogP contribution in [0.25, 0.3) is 0 Å². The highest BCUT2D eigenvalue weighted by Gasteiger charge is 2.44. The standard InChI is InChI=1S/C18H15BrN2O2/c19-13-5-7-14(8-6-13)21-17(22)11-16(18(21)23)20-10-9-12-3-1-2-4-15(12)20/h1-8,16H,9-11H2/t16-/m0/s1. The minimum Gasteiger partial charge on any atom is -0.359 e. The number of imide groups is 1. The minimum absolute atomic E-state index is 0.131. The molecule has 5 heteroatoms. The van der Waals surface area contributed by atoms with Crippen molar-refractivity contribution < 1.29 is 9.59 Å². The molecule has 23 heavy (non-hydrogen) atoms. The van der Waals surface area contributed by atoms with E-state index in [0.717, 1.165) is 23.1 Å². The van der Waals surface area contributed by atoms with E-state index >= 15 is 0 Å². The van der Waals surface area contributed by atoms with Gasteiger partial charge in [-0.1, -0.05) is 34.1 Å². The number of nitrogens with zero attached hydrogens (tertiary/aromatic N) is 2. The van der Waals surface area contributed by atoms with E-state index in [-0.39, 0.29) is 18.2 Å². The van der Waals surface area contributed by atoms with Gasteiger partial charge in [-0.05, 0) is 42.3 Å². The van der Waals surface area contributed by atoms with Crippen LogP contribution in [0, 0.1) is 0 Å². The summed E-state index contributed by atoms with van der Waals surface area (Å²) in [5, 5.41) is 0. The highest BCUT2D eigenvalue weighted by atomic mass is 79.9. The quantitative estimate of drug-likeness (QED) is 0.762. The van der Waals surface area contributed by atoms with Gasteiger partial charge < -0.3 is 4.90 Å². The molecule has 116 valence electrons. The smallest absolute Gasteiger partial charge is 0.256 e. The van der Waals surface area contributed by atoms with Crippen molar-refractivity contribution in [3.8, 4) is 0 Å². The third-order valence-electron chi connectivity index (χ3n) is 4.51. The topological polar surface area (TPSA) is 40.6 Å². The maximum absolute atomic E-state index is 12.8. The first-order chi connectivity index (χ1) is 11.1. The molecule has 2 aliphatic rings. The number of amides is 2. The molecular weight excluding hydrogens is 356 g/mol. The molecule has 4 nitrogen and oxygen atoms in total. The Labute approximate surface area is 142 Å². The number of rotatable bonds is 2. The highest BCUT2D eigenvalue weighted by molar-refractivity contribution is 9.10. The number of benzene rings is 2. The van der Waals surface area contributed by atoms with Crippen LogP contribution in [0.3, 0.4) is 0 Å². The van der Waals surface area contributed by atoms with Crippen LogP contribution in [0.4, 0.5) is 11.4 Å². The van der Waals surface area contributed by atoms with Crippen LogP contribution in [-0.4, -0.2) is 24.4 Å². The highest BCUT2D eigenvalue weighted by Crippen LogP contribution is 2.34. The Bertz CT molecular complexity index is 788. The summed E-state index contributed by atoms with van der Waals surface area (Å²) < 4.78 is 0.922. The number of para-hydroxylation sites is 1. The largest absolute Gasteiger partial charge is 0.359 e. The van der Waals surface area contributed by atoms with E-state index in [4.69, 9.17) is 0 Å². The van der Waals surface area contributed by atoms with Crippen LogP contribution in [0.2, 0.25) is 0 Å². The summed E-state index contributed by atoms with van der Waals surface area (Å²) >= 11 is 3.37. The molecule has 4 rings (SSSR count). The molecule has 2 amide bonds. The number of halogens is 1. The van der Waals surface area contributed by atoms with E-state index < -0.39 is 6.04 Å². The number of carbonyl (C=O) groups excluding carboxylic acids is 2. The second-order valence-electron chi connectivity index (χ2n) is 5.84. The molecule has 0 bridgehead atoms. The molecule has 1 fully saturated rings. The van der Waals surface area contributed by atoms with Crippen LogP contribution in [0.1, 0.15) is 12.0 Å². The Hall–Kier alpha value is -2.14. The van der Waals surface area contributed by atoms with Crippen molar-refractivity contribution >= 4 is 39.1 Å². The predicted molar refractivity (Wildman–Crippen MR) is 92.5 cm³/mol. The number of hydrogen-bond donors (Lipinski definition) is 0. The molecule has 0 saturated carbocycles. The monoisotopic (exact) mass is 370 g/mol. The lowest BCUT2D eigenvalue weighted by atomic mass is 10.1. The van der Waals surface area contributed by atoms with Crippen LogP contribution in [0.5, 0.6) is 0 Å². The first kappa shape index (κ1) is 14.5. The molecular formula is C18H15BrN2O2. The maximum atomic E-state index is 12.8. The molecule has 2 aliphatic heterocycles. The molecule has 0 N–H and O–H groups in total. The van der Waals surface area contributed by atoms with Gasteiger partial charge in [-0.3, -0.25) is 9.59 Å². The van der Waals surface area contributed by atoms with Crippen molar-refractivity contribution in [2.45, 2.75) is 18.9 Å². The Morgan fingerprint density at radius 3 is 2.52 bits per heavy atom. The lowest BCUT2D eigenvalue weighted by Crippen LogP contribution is -2.41. The second-order valence-corrected chi connectivity index (χ2v) is 6.75. The maximum Gasteiger partial charge on any atom is 0.256 e. The average molecular weight is 371 g/mol. The van der Waals surface area contributed by atoms with Crippen molar-refractivity contribution in [3.63, 3.8) is 0 Å². The molecule has 1 atom stereocenters. The summed E-state index contributed by atoms with van der Waals surface area (Å²) in [6.07, 6.45) is 1.16. The third kappa shape index (κ3) is 2.36. The molecule has 2 aromatic rings. The van der Waals surface area contributed by atoms with E-state index in [1.54, 1.807) is 12.1 Å². The number of carbonyl (C=O) groups is 2. The van der Waals surface area contributed by atoms with Crippen molar-refractivity contribution in [3.05, 3.63) is 58.6 Å². The Balaban J connectivity index is 1.65. The van der Waals surface area contributed by atoms with Crippen molar-refractivity contribution in [2.24, 2.45) is 0 Å².